The molecule has 0 aliphatic carbocycles. The molecule has 1 atom stereocenters. The van der Waals surface area contributed by atoms with Crippen LogP contribution in [-0.4, -0.2) is 69.3 Å². The van der Waals surface area contributed by atoms with Gasteiger partial charge in [-0.1, -0.05) is 6.92 Å². The van der Waals surface area contributed by atoms with Crippen LogP contribution in [0.15, 0.2) is 17.1 Å². The second-order valence-electron chi connectivity index (χ2n) is 7.18. The number of hydrogen-bond donors (Lipinski definition) is 1. The third-order valence-corrected chi connectivity index (χ3v) is 5.28. The molecule has 2 aliphatic rings. The first-order chi connectivity index (χ1) is 13.2. The number of piperidine rings is 1. The van der Waals surface area contributed by atoms with Crippen molar-refractivity contribution in [1.82, 2.24) is 29.9 Å². The first kappa shape index (κ1) is 18.1. The number of ether oxygens (including phenoxy) is 1. The molecule has 9 nitrogen and oxygen atoms in total. The Labute approximate surface area is 158 Å². The molecule has 0 amide bonds. The molecule has 146 valence electrons. The molecule has 2 fully saturated rings. The van der Waals surface area contributed by atoms with Crippen LogP contribution in [0.4, 0.5) is 5.69 Å². The number of aryl methyl sites for hydroxylation is 1. The number of aromatic amines is 1. The summed E-state index contributed by atoms with van der Waals surface area (Å²) in [7, 11) is 0. The molecule has 2 aromatic rings. The summed E-state index contributed by atoms with van der Waals surface area (Å²) in [6, 6.07) is 1.81. The standard InChI is InChI=1S/C18H27N7O2/c1-2-16-20-17(22-21-16)13-23-5-3-4-14(12-23)25-18(26)10-15(11-19-25)24-6-8-27-9-7-24/h10-11,14H,2-9,12-13H2,1H3,(H,20,21,22)/t14-/m1/s1. The number of nitrogens with zero attached hydrogens (tertiary/aromatic N) is 6. The Morgan fingerprint density at radius 2 is 2.15 bits per heavy atom. The number of anilines is 1. The van der Waals surface area contributed by atoms with Crippen LogP contribution in [0.3, 0.4) is 0 Å². The van der Waals surface area contributed by atoms with Gasteiger partial charge in [0.25, 0.3) is 5.56 Å². The summed E-state index contributed by atoms with van der Waals surface area (Å²) in [4.78, 5) is 21.7. The van der Waals surface area contributed by atoms with Crippen molar-refractivity contribution in [2.24, 2.45) is 0 Å². The molecule has 2 aliphatic heterocycles. The van der Waals surface area contributed by atoms with E-state index >= 15 is 0 Å². The second kappa shape index (κ2) is 8.18. The van der Waals surface area contributed by atoms with Crippen LogP contribution in [0.2, 0.25) is 0 Å². The maximum absolute atomic E-state index is 12.7. The highest BCUT2D eigenvalue weighted by Crippen LogP contribution is 2.21. The van der Waals surface area contributed by atoms with Gasteiger partial charge < -0.3 is 9.64 Å². The van der Waals surface area contributed by atoms with Crippen molar-refractivity contribution in [1.29, 1.82) is 0 Å². The molecule has 2 aromatic heterocycles. The van der Waals surface area contributed by atoms with Crippen LogP contribution >= 0.6 is 0 Å². The largest absolute Gasteiger partial charge is 0.378 e. The maximum atomic E-state index is 12.7. The molecule has 27 heavy (non-hydrogen) atoms. The number of aromatic nitrogens is 5. The van der Waals surface area contributed by atoms with Gasteiger partial charge in [0.15, 0.2) is 0 Å². The lowest BCUT2D eigenvalue weighted by atomic mass is 10.1. The first-order valence-electron chi connectivity index (χ1n) is 9.77. The van der Waals surface area contributed by atoms with Crippen LogP contribution < -0.4 is 10.5 Å². The third kappa shape index (κ3) is 4.19. The van der Waals surface area contributed by atoms with Crippen LogP contribution in [0.1, 0.15) is 37.5 Å². The third-order valence-electron chi connectivity index (χ3n) is 5.28. The van der Waals surface area contributed by atoms with Crippen LogP contribution in [0.25, 0.3) is 0 Å². The van der Waals surface area contributed by atoms with Crippen molar-refractivity contribution < 1.29 is 4.74 Å². The lowest BCUT2D eigenvalue weighted by Crippen LogP contribution is -2.41. The van der Waals surface area contributed by atoms with Crippen LogP contribution in [0.5, 0.6) is 0 Å². The van der Waals surface area contributed by atoms with E-state index in [1.807, 2.05) is 13.1 Å². The molecule has 0 spiro atoms. The molecular weight excluding hydrogens is 346 g/mol. The normalized spacial score (nSPS) is 21.5. The highest BCUT2D eigenvalue weighted by molar-refractivity contribution is 5.43. The molecule has 0 unspecified atom stereocenters. The van der Waals surface area contributed by atoms with E-state index < -0.39 is 0 Å². The fourth-order valence-electron chi connectivity index (χ4n) is 3.83. The van der Waals surface area contributed by atoms with Gasteiger partial charge in [0, 0.05) is 32.1 Å². The Morgan fingerprint density at radius 3 is 2.89 bits per heavy atom. The summed E-state index contributed by atoms with van der Waals surface area (Å²) in [6.45, 7) is 7.57. The quantitative estimate of drug-likeness (QED) is 0.820. The van der Waals surface area contributed by atoms with Gasteiger partial charge in [-0.05, 0) is 19.4 Å². The van der Waals surface area contributed by atoms with Gasteiger partial charge in [-0.3, -0.25) is 14.8 Å². The summed E-state index contributed by atoms with van der Waals surface area (Å²) in [6.07, 6.45) is 4.65. The summed E-state index contributed by atoms with van der Waals surface area (Å²) < 4.78 is 7.02. The van der Waals surface area contributed by atoms with E-state index in [0.717, 1.165) is 69.3 Å². The molecule has 4 heterocycles. The topological polar surface area (TPSA) is 92.2 Å². The molecule has 4 rings (SSSR count). The summed E-state index contributed by atoms with van der Waals surface area (Å²) in [5.74, 6) is 1.73. The second-order valence-corrected chi connectivity index (χ2v) is 7.18. The van der Waals surface area contributed by atoms with Gasteiger partial charge >= 0.3 is 0 Å². The first-order valence-corrected chi connectivity index (χ1v) is 9.77. The number of rotatable bonds is 5. The van der Waals surface area contributed by atoms with E-state index in [1.165, 1.54) is 0 Å². The van der Waals surface area contributed by atoms with Crippen molar-refractivity contribution in [3.63, 3.8) is 0 Å². The zero-order valence-corrected chi connectivity index (χ0v) is 15.8. The Hall–Kier alpha value is -2.26. The molecule has 0 saturated carbocycles. The number of morpholine rings is 1. The van der Waals surface area contributed by atoms with E-state index in [2.05, 4.69) is 30.1 Å². The molecule has 0 aromatic carbocycles. The van der Waals surface area contributed by atoms with Gasteiger partial charge in [-0.15, -0.1) is 0 Å². The summed E-state index contributed by atoms with van der Waals surface area (Å²) >= 11 is 0. The van der Waals surface area contributed by atoms with Crippen molar-refractivity contribution in [2.75, 3.05) is 44.3 Å². The fourth-order valence-corrected chi connectivity index (χ4v) is 3.83. The fraction of sp³-hybridized carbons (Fsp3) is 0.667. The van der Waals surface area contributed by atoms with E-state index in [1.54, 1.807) is 10.7 Å². The average molecular weight is 373 g/mol. The highest BCUT2D eigenvalue weighted by Gasteiger charge is 2.24. The van der Waals surface area contributed by atoms with Crippen molar-refractivity contribution in [2.45, 2.75) is 38.8 Å². The molecule has 1 N–H and O–H groups in total. The van der Waals surface area contributed by atoms with E-state index in [0.29, 0.717) is 13.2 Å². The van der Waals surface area contributed by atoms with E-state index in [-0.39, 0.29) is 11.6 Å². The smallest absolute Gasteiger partial charge is 0.269 e. The lowest BCUT2D eigenvalue weighted by molar-refractivity contribution is 0.122. The zero-order chi connectivity index (χ0) is 18.6. The number of nitrogens with one attached hydrogen (secondary N) is 1. The number of hydrogen-bond acceptors (Lipinski definition) is 7. The highest BCUT2D eigenvalue weighted by atomic mass is 16.5. The minimum absolute atomic E-state index is 0.0289. The van der Waals surface area contributed by atoms with Crippen molar-refractivity contribution >= 4 is 5.69 Å². The lowest BCUT2D eigenvalue weighted by Gasteiger charge is -2.33. The van der Waals surface area contributed by atoms with Crippen molar-refractivity contribution in [3.8, 4) is 0 Å². The van der Waals surface area contributed by atoms with Crippen LogP contribution in [-0.2, 0) is 17.7 Å². The molecule has 2 saturated heterocycles. The maximum Gasteiger partial charge on any atom is 0.269 e. The van der Waals surface area contributed by atoms with E-state index in [4.69, 9.17) is 4.74 Å². The summed E-state index contributed by atoms with van der Waals surface area (Å²) in [5.41, 5.74) is 0.861. The Balaban J connectivity index is 1.43. The zero-order valence-electron chi connectivity index (χ0n) is 15.8. The average Bonchev–Trinajstić information content (AvgIpc) is 3.16. The predicted octanol–water partition coefficient (Wildman–Crippen LogP) is 0.598. The molecular formula is C18H27N7O2. The van der Waals surface area contributed by atoms with Gasteiger partial charge in [-0.2, -0.15) is 10.2 Å². The molecule has 0 radical (unpaired) electrons. The monoisotopic (exact) mass is 373 g/mol. The van der Waals surface area contributed by atoms with Crippen LogP contribution in [0, 0.1) is 0 Å². The predicted molar refractivity (Wildman–Crippen MR) is 101 cm³/mol. The summed E-state index contributed by atoms with van der Waals surface area (Å²) in [5, 5.41) is 11.7. The molecule has 9 heteroatoms. The van der Waals surface area contributed by atoms with Gasteiger partial charge in [0.2, 0.25) is 0 Å². The van der Waals surface area contributed by atoms with Gasteiger partial charge in [0.1, 0.15) is 11.6 Å². The Kier molecular flexibility index (Phi) is 5.49. The number of likely N-dealkylation sites (tertiary alicyclic amines) is 1. The molecule has 0 bridgehead atoms. The van der Waals surface area contributed by atoms with Gasteiger partial charge in [0.05, 0.1) is 37.7 Å². The van der Waals surface area contributed by atoms with Gasteiger partial charge in [-0.25, -0.2) is 9.67 Å². The minimum Gasteiger partial charge on any atom is -0.378 e. The SMILES string of the molecule is CCc1n[nH]c(CN2CCC[C@@H](n3ncc(N4CCOCC4)cc3=O)C2)n1. The Morgan fingerprint density at radius 1 is 1.30 bits per heavy atom. The van der Waals surface area contributed by atoms with E-state index in [9.17, 15) is 4.79 Å². The van der Waals surface area contributed by atoms with Crippen molar-refractivity contribution in [3.05, 3.63) is 34.3 Å². The minimum atomic E-state index is -0.0289. The number of H-pyrrole nitrogens is 1. The Bertz CT molecular complexity index is 812.